The quantitative estimate of drug-likeness (QED) is 0.842. The molecular weight excluding hydrogens is 302 g/mol. The lowest BCUT2D eigenvalue weighted by Gasteiger charge is -2.33. The van der Waals surface area contributed by atoms with Gasteiger partial charge in [0.15, 0.2) is 0 Å². The van der Waals surface area contributed by atoms with Crippen LogP contribution in [0, 0.1) is 18.3 Å². The number of rotatable bonds is 5. The van der Waals surface area contributed by atoms with Crippen LogP contribution in [0.15, 0.2) is 18.2 Å². The lowest BCUT2D eigenvalue weighted by molar-refractivity contribution is -0.152. The van der Waals surface area contributed by atoms with E-state index in [2.05, 4.69) is 15.2 Å². The van der Waals surface area contributed by atoms with E-state index in [1.807, 2.05) is 25.1 Å². The third kappa shape index (κ3) is 3.14. The molecular formula is C19H27N3O2. The molecule has 0 radical (unpaired) electrons. The third-order valence-corrected chi connectivity index (χ3v) is 5.93. The topological polar surface area (TPSA) is 54.5 Å². The van der Waals surface area contributed by atoms with Crippen LogP contribution in [0.5, 0.6) is 0 Å². The zero-order chi connectivity index (χ0) is 16.6. The third-order valence-electron chi connectivity index (χ3n) is 5.93. The number of cyclic esters (lactones) is 1. The summed E-state index contributed by atoms with van der Waals surface area (Å²) in [7, 11) is 0. The average Bonchev–Trinajstić information content (AvgIpc) is 3.09. The Bertz CT molecular complexity index is 614. The van der Waals surface area contributed by atoms with Crippen LogP contribution in [0.4, 0.5) is 5.82 Å². The second-order valence-electron chi connectivity index (χ2n) is 7.82. The Balaban J connectivity index is 1.23. The van der Waals surface area contributed by atoms with E-state index in [1.165, 1.54) is 12.8 Å². The van der Waals surface area contributed by atoms with Crippen molar-refractivity contribution in [2.24, 2.45) is 11.3 Å². The number of carbonyl (C=O) groups excluding carboxylic acids is 1. The lowest BCUT2D eigenvalue weighted by Crippen LogP contribution is -2.34. The van der Waals surface area contributed by atoms with Crippen LogP contribution in [-0.4, -0.2) is 48.1 Å². The number of aromatic nitrogens is 1. The van der Waals surface area contributed by atoms with E-state index in [1.54, 1.807) is 0 Å². The number of likely N-dealkylation sites (tertiary alicyclic amines) is 1. The van der Waals surface area contributed by atoms with Gasteiger partial charge in [0.05, 0.1) is 5.41 Å². The van der Waals surface area contributed by atoms with Crippen LogP contribution in [-0.2, 0) is 9.53 Å². The number of anilines is 1. The molecule has 5 nitrogen and oxygen atoms in total. The van der Waals surface area contributed by atoms with Gasteiger partial charge in [-0.25, -0.2) is 4.98 Å². The normalized spacial score (nSPS) is 28.8. The summed E-state index contributed by atoms with van der Waals surface area (Å²) < 4.78 is 5.65. The summed E-state index contributed by atoms with van der Waals surface area (Å²) in [6, 6.07) is 6.08. The fraction of sp³-hybridized carbons (Fsp3) is 0.684. The second-order valence-corrected chi connectivity index (χ2v) is 7.82. The maximum absolute atomic E-state index is 12.1. The summed E-state index contributed by atoms with van der Waals surface area (Å²) in [6.45, 7) is 6.07. The Labute approximate surface area is 143 Å². The zero-order valence-electron chi connectivity index (χ0n) is 14.5. The molecule has 2 saturated heterocycles. The Morgan fingerprint density at radius 2 is 2.29 bits per heavy atom. The van der Waals surface area contributed by atoms with Crippen molar-refractivity contribution in [2.75, 3.05) is 31.5 Å². The van der Waals surface area contributed by atoms with Gasteiger partial charge in [-0.05, 0) is 50.8 Å². The van der Waals surface area contributed by atoms with E-state index in [9.17, 15) is 4.79 Å². The maximum Gasteiger partial charge on any atom is 0.312 e. The summed E-state index contributed by atoms with van der Waals surface area (Å²) in [6.07, 6.45) is 5.52. The van der Waals surface area contributed by atoms with Crippen LogP contribution in [0.25, 0.3) is 0 Å². The molecule has 3 heterocycles. The Kier molecular flexibility index (Phi) is 4.21. The van der Waals surface area contributed by atoms with E-state index in [4.69, 9.17) is 4.74 Å². The molecule has 5 heteroatoms. The van der Waals surface area contributed by atoms with Crippen molar-refractivity contribution in [3.8, 4) is 0 Å². The van der Waals surface area contributed by atoms with Crippen LogP contribution < -0.4 is 5.32 Å². The molecule has 1 aliphatic carbocycles. The van der Waals surface area contributed by atoms with Crippen molar-refractivity contribution in [3.05, 3.63) is 23.9 Å². The number of carbonyl (C=O) groups is 1. The molecule has 24 heavy (non-hydrogen) atoms. The monoisotopic (exact) mass is 329 g/mol. The highest BCUT2D eigenvalue weighted by molar-refractivity contribution is 5.80. The van der Waals surface area contributed by atoms with Crippen molar-refractivity contribution in [1.82, 2.24) is 9.88 Å². The predicted octanol–water partition coefficient (Wildman–Crippen LogP) is 2.61. The van der Waals surface area contributed by atoms with Gasteiger partial charge in [-0.2, -0.15) is 0 Å². The number of esters is 1. The van der Waals surface area contributed by atoms with Crippen LogP contribution in [0.3, 0.4) is 0 Å². The number of nitrogens with one attached hydrogen (secondary N) is 1. The minimum atomic E-state index is -0.0951. The Hall–Kier alpha value is -1.62. The molecule has 1 saturated carbocycles. The predicted molar refractivity (Wildman–Crippen MR) is 92.8 cm³/mol. The van der Waals surface area contributed by atoms with E-state index in [0.29, 0.717) is 5.92 Å². The van der Waals surface area contributed by atoms with Gasteiger partial charge in [-0.3, -0.25) is 9.69 Å². The van der Waals surface area contributed by atoms with Gasteiger partial charge in [-0.1, -0.05) is 12.5 Å². The first-order chi connectivity index (χ1) is 11.6. The standard InChI is InChI=1S/C19H27N3O2/c1-14-4-2-5-17(21-14)20-11-15-6-9-22(12-15)13-16-10-19(7-3-8-19)18(23)24-16/h2,4-5,15-16H,3,6-13H2,1H3,(H,20,21)/t15-,16+/m1/s1. The molecule has 3 fully saturated rings. The van der Waals surface area contributed by atoms with E-state index in [0.717, 1.165) is 57.0 Å². The summed E-state index contributed by atoms with van der Waals surface area (Å²) >= 11 is 0. The summed E-state index contributed by atoms with van der Waals surface area (Å²) in [5, 5.41) is 3.46. The average molecular weight is 329 g/mol. The van der Waals surface area contributed by atoms with Crippen molar-refractivity contribution >= 4 is 11.8 Å². The molecule has 3 aliphatic rings. The van der Waals surface area contributed by atoms with Gasteiger partial charge in [0.25, 0.3) is 0 Å². The molecule has 0 bridgehead atoms. The first kappa shape index (κ1) is 15.9. The molecule has 130 valence electrons. The summed E-state index contributed by atoms with van der Waals surface area (Å²) in [5.74, 6) is 1.67. The smallest absolute Gasteiger partial charge is 0.312 e. The number of aryl methyl sites for hydroxylation is 1. The molecule has 1 aromatic heterocycles. The maximum atomic E-state index is 12.1. The highest BCUT2D eigenvalue weighted by Gasteiger charge is 2.53. The molecule has 2 atom stereocenters. The summed E-state index contributed by atoms with van der Waals surface area (Å²) in [5.41, 5.74) is 0.948. The van der Waals surface area contributed by atoms with Crippen molar-refractivity contribution in [2.45, 2.75) is 45.1 Å². The van der Waals surface area contributed by atoms with Gasteiger partial charge in [-0.15, -0.1) is 0 Å². The first-order valence-electron chi connectivity index (χ1n) is 9.24. The van der Waals surface area contributed by atoms with Crippen LogP contribution >= 0.6 is 0 Å². The molecule has 1 spiro atoms. The van der Waals surface area contributed by atoms with Crippen LogP contribution in [0.2, 0.25) is 0 Å². The molecule has 1 N–H and O–H groups in total. The molecule has 4 rings (SSSR count). The number of hydrogen-bond donors (Lipinski definition) is 1. The molecule has 0 aromatic carbocycles. The molecule has 0 unspecified atom stereocenters. The lowest BCUT2D eigenvalue weighted by atomic mass is 9.67. The van der Waals surface area contributed by atoms with Gasteiger partial charge in [0, 0.05) is 31.7 Å². The number of ether oxygens (including phenoxy) is 1. The SMILES string of the molecule is Cc1cccc(NC[C@H]2CCN(C[C@@H]3CC4(CCC4)C(=O)O3)C2)n1. The fourth-order valence-corrected chi connectivity index (χ4v) is 4.37. The number of hydrogen-bond acceptors (Lipinski definition) is 5. The number of pyridine rings is 1. The van der Waals surface area contributed by atoms with Gasteiger partial charge in [0.1, 0.15) is 11.9 Å². The minimum Gasteiger partial charge on any atom is -0.461 e. The first-order valence-corrected chi connectivity index (χ1v) is 9.24. The van der Waals surface area contributed by atoms with Crippen molar-refractivity contribution < 1.29 is 9.53 Å². The molecule has 0 amide bonds. The highest BCUT2D eigenvalue weighted by Crippen LogP contribution is 2.50. The summed E-state index contributed by atoms with van der Waals surface area (Å²) in [4.78, 5) is 19.0. The van der Waals surface area contributed by atoms with Crippen molar-refractivity contribution in [3.63, 3.8) is 0 Å². The second kappa shape index (κ2) is 6.36. The Morgan fingerprint density at radius 3 is 3.00 bits per heavy atom. The number of nitrogens with zero attached hydrogens (tertiary/aromatic N) is 2. The zero-order valence-corrected chi connectivity index (χ0v) is 14.5. The molecule has 1 aromatic rings. The minimum absolute atomic E-state index is 0.0710. The fourth-order valence-electron chi connectivity index (χ4n) is 4.37. The Morgan fingerprint density at radius 1 is 1.42 bits per heavy atom. The van der Waals surface area contributed by atoms with Crippen LogP contribution in [0.1, 0.15) is 37.8 Å². The highest BCUT2D eigenvalue weighted by atomic mass is 16.6. The van der Waals surface area contributed by atoms with E-state index in [-0.39, 0.29) is 17.5 Å². The molecule has 2 aliphatic heterocycles. The van der Waals surface area contributed by atoms with Crippen molar-refractivity contribution in [1.29, 1.82) is 0 Å². The van der Waals surface area contributed by atoms with E-state index < -0.39 is 0 Å². The van der Waals surface area contributed by atoms with Gasteiger partial charge < -0.3 is 10.1 Å². The van der Waals surface area contributed by atoms with Gasteiger partial charge >= 0.3 is 5.97 Å². The van der Waals surface area contributed by atoms with E-state index >= 15 is 0 Å². The van der Waals surface area contributed by atoms with Gasteiger partial charge in [0.2, 0.25) is 0 Å². The largest absolute Gasteiger partial charge is 0.461 e.